The van der Waals surface area contributed by atoms with E-state index in [2.05, 4.69) is 67.2 Å². The van der Waals surface area contributed by atoms with Crippen molar-refractivity contribution in [3.63, 3.8) is 0 Å². The minimum atomic E-state index is 0.0306. The van der Waals surface area contributed by atoms with E-state index >= 15 is 0 Å². The molecule has 185 valence electrons. The molecule has 0 aromatic heterocycles. The summed E-state index contributed by atoms with van der Waals surface area (Å²) >= 11 is 0. The number of carbonyl (C=O) groups is 1. The van der Waals surface area contributed by atoms with Gasteiger partial charge < -0.3 is 5.32 Å². The average molecular weight is 469 g/mol. The minimum Gasteiger partial charge on any atom is -0.352 e. The molecule has 0 saturated heterocycles. The van der Waals surface area contributed by atoms with Crippen LogP contribution in [0.3, 0.4) is 0 Å². The van der Waals surface area contributed by atoms with Crippen LogP contribution in [0.5, 0.6) is 0 Å². The number of carbonyl (C=O) groups excluding carboxylic acids is 1. The quantitative estimate of drug-likeness (QED) is 0.209. The van der Waals surface area contributed by atoms with E-state index in [0.717, 1.165) is 30.5 Å². The Labute approximate surface area is 213 Å². The second-order valence-electron chi connectivity index (χ2n) is 9.53. The standard InChI is InChI=1S/C33H42NO/c1-2-3-4-5-6-7-8-9-10-14-26-34-33(35)31-24-22-28(23-25-31)20-21-29-16-15-19-32(27-29)30-17-12-11-13-18-30/h11-13,15-20,22-25,27H,2-10,14,21,26H2,1H3,(H,34,35). The summed E-state index contributed by atoms with van der Waals surface area (Å²) in [5.74, 6) is 0.0306. The zero-order valence-electron chi connectivity index (χ0n) is 21.5. The fourth-order valence-electron chi connectivity index (χ4n) is 4.43. The Morgan fingerprint density at radius 3 is 2.00 bits per heavy atom. The Bertz CT molecular complexity index is 977. The van der Waals surface area contributed by atoms with E-state index in [1.807, 2.05) is 30.3 Å². The highest BCUT2D eigenvalue weighted by Gasteiger charge is 2.06. The van der Waals surface area contributed by atoms with Crippen LogP contribution in [-0.4, -0.2) is 12.5 Å². The number of nitrogens with one attached hydrogen (secondary N) is 1. The summed E-state index contributed by atoms with van der Waals surface area (Å²) in [5.41, 5.74) is 5.64. The first-order valence-electron chi connectivity index (χ1n) is 13.6. The van der Waals surface area contributed by atoms with Gasteiger partial charge in [0, 0.05) is 12.1 Å². The van der Waals surface area contributed by atoms with E-state index in [0.29, 0.717) is 0 Å². The molecule has 3 aromatic rings. The van der Waals surface area contributed by atoms with Crippen molar-refractivity contribution >= 4 is 5.91 Å². The summed E-state index contributed by atoms with van der Waals surface area (Å²) in [7, 11) is 0. The highest BCUT2D eigenvalue weighted by atomic mass is 16.1. The fourth-order valence-corrected chi connectivity index (χ4v) is 4.43. The average Bonchev–Trinajstić information content (AvgIpc) is 2.91. The lowest BCUT2D eigenvalue weighted by Crippen LogP contribution is -2.24. The summed E-state index contributed by atoms with van der Waals surface area (Å²) in [4.78, 5) is 12.4. The van der Waals surface area contributed by atoms with Crippen molar-refractivity contribution < 1.29 is 4.79 Å². The number of amides is 1. The molecule has 0 aliphatic rings. The van der Waals surface area contributed by atoms with Gasteiger partial charge in [0.15, 0.2) is 0 Å². The van der Waals surface area contributed by atoms with Gasteiger partial charge >= 0.3 is 0 Å². The van der Waals surface area contributed by atoms with Gasteiger partial charge in [-0.25, -0.2) is 0 Å². The van der Waals surface area contributed by atoms with Crippen LogP contribution < -0.4 is 5.32 Å². The molecule has 35 heavy (non-hydrogen) atoms. The van der Waals surface area contributed by atoms with Crippen LogP contribution in [0.1, 0.15) is 92.6 Å². The van der Waals surface area contributed by atoms with Crippen molar-refractivity contribution in [2.45, 2.75) is 77.6 Å². The molecule has 0 unspecified atom stereocenters. The number of hydrogen-bond donors (Lipinski definition) is 1. The second-order valence-corrected chi connectivity index (χ2v) is 9.53. The first-order valence-corrected chi connectivity index (χ1v) is 13.6. The molecular formula is C33H42NO. The molecular weight excluding hydrogens is 426 g/mol. The molecule has 0 bridgehead atoms. The maximum Gasteiger partial charge on any atom is 0.251 e. The Hall–Kier alpha value is -2.87. The van der Waals surface area contributed by atoms with E-state index < -0.39 is 0 Å². The van der Waals surface area contributed by atoms with Crippen molar-refractivity contribution in [2.24, 2.45) is 0 Å². The third kappa shape index (κ3) is 10.1. The smallest absolute Gasteiger partial charge is 0.251 e. The van der Waals surface area contributed by atoms with Crippen molar-refractivity contribution in [1.82, 2.24) is 5.32 Å². The summed E-state index contributed by atoms with van der Waals surface area (Å²) in [6.07, 6.45) is 16.2. The molecule has 3 aromatic carbocycles. The molecule has 1 amide bonds. The zero-order chi connectivity index (χ0) is 24.6. The minimum absolute atomic E-state index is 0.0306. The number of unbranched alkanes of at least 4 members (excludes halogenated alkanes) is 9. The van der Waals surface area contributed by atoms with Gasteiger partial charge in [-0.05, 0) is 53.6 Å². The molecule has 2 nitrogen and oxygen atoms in total. The zero-order valence-corrected chi connectivity index (χ0v) is 21.5. The summed E-state index contributed by atoms with van der Waals surface area (Å²) in [5, 5.41) is 3.07. The molecule has 0 heterocycles. The molecule has 0 atom stereocenters. The van der Waals surface area contributed by atoms with E-state index in [1.165, 1.54) is 74.5 Å². The van der Waals surface area contributed by atoms with E-state index in [1.54, 1.807) is 0 Å². The Morgan fingerprint density at radius 1 is 0.686 bits per heavy atom. The van der Waals surface area contributed by atoms with Gasteiger partial charge in [-0.2, -0.15) is 0 Å². The topological polar surface area (TPSA) is 29.1 Å². The predicted molar refractivity (Wildman–Crippen MR) is 150 cm³/mol. The molecule has 2 heteroatoms. The highest BCUT2D eigenvalue weighted by molar-refractivity contribution is 5.94. The summed E-state index contributed by atoms with van der Waals surface area (Å²) in [6, 6.07) is 27.1. The first kappa shape index (κ1) is 26.7. The number of hydrogen-bond acceptors (Lipinski definition) is 1. The van der Waals surface area contributed by atoms with Crippen LogP contribution >= 0.6 is 0 Å². The maximum absolute atomic E-state index is 12.4. The third-order valence-corrected chi connectivity index (χ3v) is 6.60. The summed E-state index contributed by atoms with van der Waals surface area (Å²) < 4.78 is 0. The second kappa shape index (κ2) is 15.9. The van der Waals surface area contributed by atoms with Gasteiger partial charge in [0.2, 0.25) is 0 Å². The maximum atomic E-state index is 12.4. The number of benzene rings is 3. The lowest BCUT2D eigenvalue weighted by atomic mass is 9.99. The van der Waals surface area contributed by atoms with Crippen LogP contribution in [0.4, 0.5) is 0 Å². The van der Waals surface area contributed by atoms with Gasteiger partial charge in [0.25, 0.3) is 5.91 Å². The van der Waals surface area contributed by atoms with Crippen LogP contribution in [0.2, 0.25) is 0 Å². The SMILES string of the molecule is CCCCCCCCCCCCNC(=O)c1ccc([CH]Cc2cccc(-c3ccccc3)c2)cc1. The van der Waals surface area contributed by atoms with Gasteiger partial charge in [0.05, 0.1) is 0 Å². The Morgan fingerprint density at radius 2 is 1.31 bits per heavy atom. The van der Waals surface area contributed by atoms with E-state index in [4.69, 9.17) is 0 Å². The van der Waals surface area contributed by atoms with Crippen LogP contribution in [-0.2, 0) is 6.42 Å². The highest BCUT2D eigenvalue weighted by Crippen LogP contribution is 2.21. The van der Waals surface area contributed by atoms with Gasteiger partial charge in [-0.3, -0.25) is 4.79 Å². The Balaban J connectivity index is 1.32. The molecule has 3 rings (SSSR count). The molecule has 0 spiro atoms. The van der Waals surface area contributed by atoms with Crippen molar-refractivity contribution in [1.29, 1.82) is 0 Å². The monoisotopic (exact) mass is 468 g/mol. The molecule has 1 radical (unpaired) electrons. The molecule has 0 aliphatic heterocycles. The van der Waals surface area contributed by atoms with E-state index in [-0.39, 0.29) is 5.91 Å². The largest absolute Gasteiger partial charge is 0.352 e. The predicted octanol–water partition coefficient (Wildman–Crippen LogP) is 8.80. The van der Waals surface area contributed by atoms with Crippen LogP contribution in [0, 0.1) is 6.42 Å². The van der Waals surface area contributed by atoms with Gasteiger partial charge in [0.1, 0.15) is 0 Å². The summed E-state index contributed by atoms with van der Waals surface area (Å²) in [6.45, 7) is 3.03. The molecule has 1 N–H and O–H groups in total. The molecule has 0 aliphatic carbocycles. The normalized spacial score (nSPS) is 10.9. The van der Waals surface area contributed by atoms with Crippen LogP contribution in [0.25, 0.3) is 11.1 Å². The van der Waals surface area contributed by atoms with E-state index in [9.17, 15) is 4.79 Å². The fraction of sp³-hybridized carbons (Fsp3) is 0.394. The Kier molecular flexibility index (Phi) is 12.2. The van der Waals surface area contributed by atoms with Crippen molar-refractivity contribution in [3.05, 3.63) is 102 Å². The van der Waals surface area contributed by atoms with Crippen LogP contribution in [0.15, 0.2) is 78.9 Å². The molecule has 0 saturated carbocycles. The third-order valence-electron chi connectivity index (χ3n) is 6.60. The number of rotatable bonds is 16. The lowest BCUT2D eigenvalue weighted by Gasteiger charge is -2.08. The first-order chi connectivity index (χ1) is 17.3. The van der Waals surface area contributed by atoms with Gasteiger partial charge in [-0.15, -0.1) is 0 Å². The lowest BCUT2D eigenvalue weighted by molar-refractivity contribution is 0.0953. The molecule has 0 fully saturated rings. The van der Waals surface area contributed by atoms with Crippen molar-refractivity contribution in [3.8, 4) is 11.1 Å². The van der Waals surface area contributed by atoms with Gasteiger partial charge in [-0.1, -0.05) is 131 Å². The van der Waals surface area contributed by atoms with Crippen molar-refractivity contribution in [2.75, 3.05) is 6.54 Å².